The zero-order valence-corrected chi connectivity index (χ0v) is 11.5. The van der Waals surface area contributed by atoms with E-state index in [9.17, 15) is 9.18 Å². The molecule has 0 aliphatic heterocycles. The van der Waals surface area contributed by atoms with Crippen LogP contribution in [0.5, 0.6) is 0 Å². The molecule has 0 fully saturated rings. The monoisotopic (exact) mass is 279 g/mol. The van der Waals surface area contributed by atoms with E-state index in [-0.39, 0.29) is 5.56 Å². The Kier molecular flexibility index (Phi) is 3.80. The van der Waals surface area contributed by atoms with Crippen molar-refractivity contribution in [2.45, 2.75) is 20.3 Å². The van der Waals surface area contributed by atoms with E-state index in [2.05, 4.69) is 10.3 Å². The Balaban J connectivity index is 2.22. The summed E-state index contributed by atoms with van der Waals surface area (Å²) < 4.78 is 13.5. The van der Waals surface area contributed by atoms with Gasteiger partial charge in [0.05, 0.1) is 11.3 Å². The van der Waals surface area contributed by atoms with E-state index in [1.54, 1.807) is 0 Å². The van der Waals surface area contributed by atoms with Crippen molar-refractivity contribution in [3.63, 3.8) is 0 Å². The molecule has 19 heavy (non-hydrogen) atoms. The van der Waals surface area contributed by atoms with Gasteiger partial charge in [-0.25, -0.2) is 9.37 Å². The lowest BCUT2D eigenvalue weighted by Crippen LogP contribution is -2.14. The lowest BCUT2D eigenvalue weighted by Gasteiger charge is -2.04. The number of anilines is 2. The Morgan fingerprint density at radius 1 is 1.53 bits per heavy atom. The number of thiazole rings is 1. The van der Waals surface area contributed by atoms with Crippen LogP contribution in [0.3, 0.4) is 0 Å². The van der Waals surface area contributed by atoms with Gasteiger partial charge in [-0.3, -0.25) is 10.1 Å². The Labute approximate surface area is 114 Å². The third kappa shape index (κ3) is 2.90. The summed E-state index contributed by atoms with van der Waals surface area (Å²) in [5.41, 5.74) is 6.75. The molecule has 0 radical (unpaired) electrons. The van der Waals surface area contributed by atoms with Crippen molar-refractivity contribution < 1.29 is 9.18 Å². The standard InChI is InChI=1S/C13H14FN3OS/c1-3-11-7(2)19-13(16-11)17-12(18)9-6-8(15)4-5-10(9)14/h4-6H,3,15H2,1-2H3,(H,16,17,18). The molecule has 4 nitrogen and oxygen atoms in total. The highest BCUT2D eigenvalue weighted by atomic mass is 32.1. The highest BCUT2D eigenvalue weighted by Gasteiger charge is 2.14. The molecule has 1 aromatic carbocycles. The van der Waals surface area contributed by atoms with Gasteiger partial charge < -0.3 is 5.73 Å². The Hall–Kier alpha value is -1.95. The van der Waals surface area contributed by atoms with Crippen molar-refractivity contribution in [1.82, 2.24) is 4.98 Å². The molecule has 6 heteroatoms. The third-order valence-corrected chi connectivity index (χ3v) is 3.61. The highest BCUT2D eigenvalue weighted by molar-refractivity contribution is 7.15. The second kappa shape index (κ2) is 5.36. The van der Waals surface area contributed by atoms with E-state index in [1.807, 2.05) is 13.8 Å². The van der Waals surface area contributed by atoms with Gasteiger partial charge in [-0.2, -0.15) is 0 Å². The number of nitrogens with one attached hydrogen (secondary N) is 1. The maximum absolute atomic E-state index is 13.5. The number of aromatic nitrogens is 1. The maximum Gasteiger partial charge on any atom is 0.260 e. The van der Waals surface area contributed by atoms with Crippen LogP contribution in [0.25, 0.3) is 0 Å². The lowest BCUT2D eigenvalue weighted by molar-refractivity contribution is 0.102. The molecule has 1 aromatic heterocycles. The number of halogens is 1. The Morgan fingerprint density at radius 2 is 2.26 bits per heavy atom. The molecule has 0 bridgehead atoms. The van der Waals surface area contributed by atoms with E-state index >= 15 is 0 Å². The molecular formula is C13H14FN3OS. The topological polar surface area (TPSA) is 68.0 Å². The SMILES string of the molecule is CCc1nc(NC(=O)c2cc(N)ccc2F)sc1C. The third-order valence-electron chi connectivity index (χ3n) is 2.68. The molecular weight excluding hydrogens is 265 g/mol. The molecule has 100 valence electrons. The number of carbonyl (C=O) groups excluding carboxylic acids is 1. The average Bonchev–Trinajstić information content (AvgIpc) is 2.72. The molecule has 0 saturated heterocycles. The summed E-state index contributed by atoms with van der Waals surface area (Å²) in [5.74, 6) is -1.14. The van der Waals surface area contributed by atoms with Gasteiger partial charge in [0.2, 0.25) is 0 Å². The quantitative estimate of drug-likeness (QED) is 0.849. The van der Waals surface area contributed by atoms with Crippen LogP contribution in [0.4, 0.5) is 15.2 Å². The fourth-order valence-corrected chi connectivity index (χ4v) is 2.59. The predicted octanol–water partition coefficient (Wildman–Crippen LogP) is 2.99. The van der Waals surface area contributed by atoms with E-state index < -0.39 is 11.7 Å². The molecule has 0 aliphatic rings. The molecule has 1 amide bonds. The van der Waals surface area contributed by atoms with Gasteiger partial charge in [-0.05, 0) is 31.5 Å². The summed E-state index contributed by atoms with van der Waals surface area (Å²) in [7, 11) is 0. The number of nitrogens with two attached hydrogens (primary N) is 1. The minimum absolute atomic E-state index is 0.0779. The number of benzene rings is 1. The van der Waals surface area contributed by atoms with Gasteiger partial charge in [-0.1, -0.05) is 6.92 Å². The molecule has 0 unspecified atom stereocenters. The molecule has 2 rings (SSSR count). The molecule has 2 aromatic rings. The van der Waals surface area contributed by atoms with E-state index in [0.717, 1.165) is 17.0 Å². The zero-order chi connectivity index (χ0) is 14.0. The van der Waals surface area contributed by atoms with Crippen molar-refractivity contribution in [1.29, 1.82) is 0 Å². The van der Waals surface area contributed by atoms with Crippen LogP contribution in [0.1, 0.15) is 27.9 Å². The largest absolute Gasteiger partial charge is 0.399 e. The van der Waals surface area contributed by atoms with Crippen molar-refractivity contribution >= 4 is 28.1 Å². The fraction of sp³-hybridized carbons (Fsp3) is 0.231. The Bertz CT molecular complexity index is 624. The van der Waals surface area contributed by atoms with Crippen molar-refractivity contribution in [2.75, 3.05) is 11.1 Å². The summed E-state index contributed by atoms with van der Waals surface area (Å²) in [4.78, 5) is 17.3. The van der Waals surface area contributed by atoms with Crippen LogP contribution >= 0.6 is 11.3 Å². The van der Waals surface area contributed by atoms with E-state index in [0.29, 0.717) is 10.8 Å². The number of nitrogen functional groups attached to an aromatic ring is 1. The number of aryl methyl sites for hydroxylation is 2. The van der Waals surface area contributed by atoms with Crippen molar-refractivity contribution in [3.8, 4) is 0 Å². The van der Waals surface area contributed by atoms with E-state index in [1.165, 1.54) is 29.5 Å². The summed E-state index contributed by atoms with van der Waals surface area (Å²) >= 11 is 1.38. The van der Waals surface area contributed by atoms with Crippen LogP contribution in [-0.4, -0.2) is 10.9 Å². The van der Waals surface area contributed by atoms with Crippen molar-refractivity contribution in [3.05, 3.63) is 40.2 Å². The van der Waals surface area contributed by atoms with Gasteiger partial charge in [-0.15, -0.1) is 11.3 Å². The van der Waals surface area contributed by atoms with Gasteiger partial charge in [0, 0.05) is 10.6 Å². The van der Waals surface area contributed by atoms with Gasteiger partial charge >= 0.3 is 0 Å². The molecule has 1 heterocycles. The number of rotatable bonds is 3. The number of hydrogen-bond donors (Lipinski definition) is 2. The first-order chi connectivity index (χ1) is 9.01. The van der Waals surface area contributed by atoms with Crippen LogP contribution in [0.2, 0.25) is 0 Å². The molecule has 0 atom stereocenters. The molecule has 0 saturated carbocycles. The summed E-state index contributed by atoms with van der Waals surface area (Å²) in [6.45, 7) is 3.93. The second-order valence-electron chi connectivity index (χ2n) is 4.07. The van der Waals surface area contributed by atoms with Crippen LogP contribution < -0.4 is 11.1 Å². The Morgan fingerprint density at radius 3 is 2.89 bits per heavy atom. The van der Waals surface area contributed by atoms with Gasteiger partial charge in [0.1, 0.15) is 5.82 Å². The van der Waals surface area contributed by atoms with Gasteiger partial charge in [0.15, 0.2) is 5.13 Å². The van der Waals surface area contributed by atoms with Crippen molar-refractivity contribution in [2.24, 2.45) is 0 Å². The number of hydrogen-bond acceptors (Lipinski definition) is 4. The first-order valence-corrected chi connectivity index (χ1v) is 6.65. The second-order valence-corrected chi connectivity index (χ2v) is 5.27. The normalized spacial score (nSPS) is 10.5. The summed E-state index contributed by atoms with van der Waals surface area (Å²) in [6, 6.07) is 3.90. The summed E-state index contributed by atoms with van der Waals surface area (Å²) in [6.07, 6.45) is 0.796. The smallest absolute Gasteiger partial charge is 0.260 e. The molecule has 3 N–H and O–H groups in total. The van der Waals surface area contributed by atoms with Crippen LogP contribution in [0.15, 0.2) is 18.2 Å². The van der Waals surface area contributed by atoms with Crippen LogP contribution in [-0.2, 0) is 6.42 Å². The lowest BCUT2D eigenvalue weighted by atomic mass is 10.2. The van der Waals surface area contributed by atoms with E-state index in [4.69, 9.17) is 5.73 Å². The minimum Gasteiger partial charge on any atom is -0.399 e. The van der Waals surface area contributed by atoms with Gasteiger partial charge in [0.25, 0.3) is 5.91 Å². The number of nitrogens with zero attached hydrogens (tertiary/aromatic N) is 1. The predicted molar refractivity (Wildman–Crippen MR) is 75.0 cm³/mol. The first kappa shape index (κ1) is 13.5. The maximum atomic E-state index is 13.5. The molecule has 0 aliphatic carbocycles. The van der Waals surface area contributed by atoms with Crippen LogP contribution in [0, 0.1) is 12.7 Å². The fourth-order valence-electron chi connectivity index (χ4n) is 1.69. The highest BCUT2D eigenvalue weighted by Crippen LogP contribution is 2.23. The summed E-state index contributed by atoms with van der Waals surface area (Å²) in [5, 5.41) is 3.07. The number of carbonyl (C=O) groups is 1. The number of amides is 1. The molecule has 0 spiro atoms. The first-order valence-electron chi connectivity index (χ1n) is 5.84. The minimum atomic E-state index is -0.601. The zero-order valence-electron chi connectivity index (χ0n) is 10.7. The average molecular weight is 279 g/mol.